The number of aromatic amines is 1. The molecule has 3 aromatic rings. The Morgan fingerprint density at radius 2 is 2.00 bits per heavy atom. The van der Waals surface area contributed by atoms with Gasteiger partial charge < -0.3 is 4.98 Å². The zero-order chi connectivity index (χ0) is 14.1. The van der Waals surface area contributed by atoms with Crippen molar-refractivity contribution in [1.29, 1.82) is 0 Å². The molecule has 0 bridgehead atoms. The summed E-state index contributed by atoms with van der Waals surface area (Å²) in [5, 5.41) is 3.08. The summed E-state index contributed by atoms with van der Waals surface area (Å²) in [5.41, 5.74) is 2.05. The van der Waals surface area contributed by atoms with Crippen molar-refractivity contribution in [3.8, 4) is 0 Å². The van der Waals surface area contributed by atoms with Crippen LogP contribution in [-0.2, 0) is 0 Å². The summed E-state index contributed by atoms with van der Waals surface area (Å²) >= 11 is 9.39. The molecule has 0 atom stereocenters. The Morgan fingerprint density at radius 3 is 2.80 bits per heavy atom. The number of nitrogens with one attached hydrogen (secondary N) is 2. The molecule has 0 fully saturated rings. The number of nitrogens with zero attached hydrogens (tertiary/aromatic N) is 1. The van der Waals surface area contributed by atoms with Gasteiger partial charge in [-0.3, -0.25) is 10.1 Å². The summed E-state index contributed by atoms with van der Waals surface area (Å²) in [5.74, 6) is 0.0857. The van der Waals surface area contributed by atoms with Gasteiger partial charge in [0.1, 0.15) is 0 Å². The number of carbonyl (C=O) groups is 1. The van der Waals surface area contributed by atoms with E-state index in [4.69, 9.17) is 11.6 Å². The molecule has 0 unspecified atom stereocenters. The molecule has 0 saturated carbocycles. The number of fused-ring (bicyclic) bond motifs is 1. The molecule has 1 heterocycles. The van der Waals surface area contributed by atoms with E-state index < -0.39 is 0 Å². The van der Waals surface area contributed by atoms with Gasteiger partial charge in [-0.25, -0.2) is 4.98 Å². The lowest BCUT2D eigenvalue weighted by Crippen LogP contribution is -2.13. The van der Waals surface area contributed by atoms with Gasteiger partial charge in [-0.2, -0.15) is 0 Å². The molecule has 6 heteroatoms. The molecule has 0 saturated heterocycles. The SMILES string of the molecule is O=C(Nc1nc2ccccc2[nH]1)c1cccc(Br)c1Cl. The third kappa shape index (κ3) is 2.42. The molecule has 2 aromatic carbocycles. The fourth-order valence-corrected chi connectivity index (χ4v) is 2.44. The Labute approximate surface area is 128 Å². The average Bonchev–Trinajstić information content (AvgIpc) is 2.83. The van der Waals surface area contributed by atoms with Gasteiger partial charge in [0.15, 0.2) is 0 Å². The van der Waals surface area contributed by atoms with Crippen molar-refractivity contribution in [2.75, 3.05) is 5.32 Å². The lowest BCUT2D eigenvalue weighted by molar-refractivity contribution is 0.102. The highest BCUT2D eigenvalue weighted by atomic mass is 79.9. The molecule has 1 aromatic heterocycles. The molecule has 0 aliphatic rings. The highest BCUT2D eigenvalue weighted by Crippen LogP contribution is 2.26. The minimum Gasteiger partial charge on any atom is -0.324 e. The van der Waals surface area contributed by atoms with Gasteiger partial charge in [0.25, 0.3) is 5.91 Å². The van der Waals surface area contributed by atoms with Crippen molar-refractivity contribution in [3.05, 3.63) is 57.5 Å². The maximum atomic E-state index is 12.2. The van der Waals surface area contributed by atoms with E-state index in [1.54, 1.807) is 18.2 Å². The number of para-hydroxylation sites is 2. The van der Waals surface area contributed by atoms with Gasteiger partial charge in [-0.15, -0.1) is 0 Å². The zero-order valence-corrected chi connectivity index (χ0v) is 12.5. The second-order valence-electron chi connectivity index (χ2n) is 4.16. The fourth-order valence-electron chi connectivity index (χ4n) is 1.87. The quantitative estimate of drug-likeness (QED) is 0.726. The van der Waals surface area contributed by atoms with E-state index in [2.05, 4.69) is 31.2 Å². The summed E-state index contributed by atoms with van der Waals surface area (Å²) in [4.78, 5) is 19.5. The maximum absolute atomic E-state index is 12.2. The number of imidazole rings is 1. The summed E-state index contributed by atoms with van der Waals surface area (Å²) in [6.07, 6.45) is 0. The number of hydrogen-bond acceptors (Lipinski definition) is 2. The Kier molecular flexibility index (Phi) is 3.46. The molecular formula is C14H9BrClN3O. The molecule has 100 valence electrons. The zero-order valence-electron chi connectivity index (χ0n) is 10.2. The number of H-pyrrole nitrogens is 1. The number of aromatic nitrogens is 2. The molecular weight excluding hydrogens is 342 g/mol. The second-order valence-corrected chi connectivity index (χ2v) is 5.39. The first-order valence-corrected chi connectivity index (χ1v) is 7.02. The first-order chi connectivity index (χ1) is 9.65. The van der Waals surface area contributed by atoms with Crippen molar-refractivity contribution in [2.24, 2.45) is 0 Å². The molecule has 4 nitrogen and oxygen atoms in total. The Morgan fingerprint density at radius 1 is 1.20 bits per heavy atom. The summed E-state index contributed by atoms with van der Waals surface area (Å²) in [6.45, 7) is 0. The molecule has 2 N–H and O–H groups in total. The molecule has 3 rings (SSSR count). The second kappa shape index (κ2) is 5.26. The average molecular weight is 351 g/mol. The highest BCUT2D eigenvalue weighted by Gasteiger charge is 2.14. The number of benzene rings is 2. The molecule has 0 spiro atoms. The van der Waals surface area contributed by atoms with Crippen LogP contribution in [0.15, 0.2) is 46.9 Å². The van der Waals surface area contributed by atoms with Gasteiger partial charge in [-0.05, 0) is 40.2 Å². The van der Waals surface area contributed by atoms with Crippen LogP contribution in [0.3, 0.4) is 0 Å². The van der Waals surface area contributed by atoms with E-state index in [-0.39, 0.29) is 5.91 Å². The fraction of sp³-hybridized carbons (Fsp3) is 0. The standard InChI is InChI=1S/C14H9BrClN3O/c15-9-5-3-4-8(12(9)16)13(20)19-14-17-10-6-1-2-7-11(10)18-14/h1-7H,(H2,17,18,19,20). The van der Waals surface area contributed by atoms with Crippen molar-refractivity contribution in [2.45, 2.75) is 0 Å². The monoisotopic (exact) mass is 349 g/mol. The first-order valence-electron chi connectivity index (χ1n) is 5.85. The van der Waals surface area contributed by atoms with Gasteiger partial charge in [0.05, 0.1) is 21.6 Å². The normalized spacial score (nSPS) is 10.7. The van der Waals surface area contributed by atoms with Crippen molar-refractivity contribution >= 4 is 50.4 Å². The summed E-state index contributed by atoms with van der Waals surface area (Å²) in [6, 6.07) is 12.7. The smallest absolute Gasteiger partial charge is 0.259 e. The van der Waals surface area contributed by atoms with Crippen LogP contribution in [0.25, 0.3) is 11.0 Å². The van der Waals surface area contributed by atoms with E-state index in [1.807, 2.05) is 24.3 Å². The van der Waals surface area contributed by atoms with Crippen LogP contribution >= 0.6 is 27.5 Å². The minimum atomic E-state index is -0.310. The number of hydrogen-bond donors (Lipinski definition) is 2. The topological polar surface area (TPSA) is 57.8 Å². The van der Waals surface area contributed by atoms with E-state index in [1.165, 1.54) is 0 Å². The molecule has 0 aliphatic carbocycles. The lowest BCUT2D eigenvalue weighted by Gasteiger charge is -2.05. The van der Waals surface area contributed by atoms with Crippen molar-refractivity contribution in [1.82, 2.24) is 9.97 Å². The van der Waals surface area contributed by atoms with Crippen LogP contribution < -0.4 is 5.32 Å². The van der Waals surface area contributed by atoms with E-state index in [0.29, 0.717) is 21.0 Å². The van der Waals surface area contributed by atoms with Crippen LogP contribution in [0.4, 0.5) is 5.95 Å². The van der Waals surface area contributed by atoms with Gasteiger partial charge >= 0.3 is 0 Å². The van der Waals surface area contributed by atoms with Gasteiger partial charge in [0, 0.05) is 4.47 Å². The van der Waals surface area contributed by atoms with Crippen LogP contribution in [0.2, 0.25) is 5.02 Å². The van der Waals surface area contributed by atoms with E-state index >= 15 is 0 Å². The van der Waals surface area contributed by atoms with Crippen LogP contribution in [0.1, 0.15) is 10.4 Å². The van der Waals surface area contributed by atoms with Crippen molar-refractivity contribution < 1.29 is 4.79 Å². The third-order valence-corrected chi connectivity index (χ3v) is 4.11. The van der Waals surface area contributed by atoms with Crippen LogP contribution in [0, 0.1) is 0 Å². The number of carbonyl (C=O) groups excluding carboxylic acids is 1. The molecule has 1 amide bonds. The Hall–Kier alpha value is -1.85. The Bertz CT molecular complexity index is 767. The summed E-state index contributed by atoms with van der Waals surface area (Å²) < 4.78 is 0.677. The summed E-state index contributed by atoms with van der Waals surface area (Å²) in [7, 11) is 0. The predicted octanol–water partition coefficient (Wildman–Crippen LogP) is 4.23. The molecule has 0 aliphatic heterocycles. The largest absolute Gasteiger partial charge is 0.324 e. The molecule has 0 radical (unpaired) electrons. The number of anilines is 1. The number of rotatable bonds is 2. The first kappa shape index (κ1) is 13.1. The van der Waals surface area contributed by atoms with Crippen molar-refractivity contribution in [3.63, 3.8) is 0 Å². The van der Waals surface area contributed by atoms with E-state index in [0.717, 1.165) is 11.0 Å². The highest BCUT2D eigenvalue weighted by molar-refractivity contribution is 9.10. The lowest BCUT2D eigenvalue weighted by atomic mass is 10.2. The van der Waals surface area contributed by atoms with Crippen LogP contribution in [-0.4, -0.2) is 15.9 Å². The van der Waals surface area contributed by atoms with E-state index in [9.17, 15) is 4.79 Å². The number of amides is 1. The minimum absolute atomic E-state index is 0.310. The Balaban J connectivity index is 1.90. The van der Waals surface area contributed by atoms with Gasteiger partial charge in [0.2, 0.25) is 5.95 Å². The predicted molar refractivity (Wildman–Crippen MR) is 83.2 cm³/mol. The number of halogens is 2. The third-order valence-electron chi connectivity index (χ3n) is 2.82. The maximum Gasteiger partial charge on any atom is 0.259 e. The molecule has 20 heavy (non-hydrogen) atoms. The van der Waals surface area contributed by atoms with Crippen LogP contribution in [0.5, 0.6) is 0 Å². The van der Waals surface area contributed by atoms with Gasteiger partial charge in [-0.1, -0.05) is 29.8 Å².